The molecule has 2 fully saturated rings. The Bertz CT molecular complexity index is 1020. The van der Waals surface area contributed by atoms with Crippen molar-refractivity contribution in [2.75, 3.05) is 24.7 Å². The van der Waals surface area contributed by atoms with E-state index in [2.05, 4.69) is 24.1 Å². The van der Waals surface area contributed by atoms with Crippen LogP contribution in [0.1, 0.15) is 87.7 Å². The highest BCUT2D eigenvalue weighted by atomic mass is 32.1. The van der Waals surface area contributed by atoms with E-state index in [1.54, 1.807) is 11.0 Å². The van der Waals surface area contributed by atoms with Crippen molar-refractivity contribution in [2.24, 2.45) is 17.3 Å². The van der Waals surface area contributed by atoms with Gasteiger partial charge in [-0.05, 0) is 71.8 Å². The Morgan fingerprint density at radius 1 is 1.24 bits per heavy atom. The van der Waals surface area contributed by atoms with Gasteiger partial charge in [-0.2, -0.15) is 0 Å². The molecule has 2 amide bonds. The van der Waals surface area contributed by atoms with Crippen molar-refractivity contribution < 1.29 is 29.0 Å². The van der Waals surface area contributed by atoms with E-state index in [0.717, 1.165) is 37.0 Å². The van der Waals surface area contributed by atoms with Crippen LogP contribution in [0.25, 0.3) is 0 Å². The van der Waals surface area contributed by atoms with Gasteiger partial charge in [-0.15, -0.1) is 11.3 Å². The molecule has 0 spiro atoms. The third kappa shape index (κ3) is 8.47. The molecule has 0 aromatic carbocycles. The molecule has 37 heavy (non-hydrogen) atoms. The summed E-state index contributed by atoms with van der Waals surface area (Å²) in [6, 6.07) is 1.40. The summed E-state index contributed by atoms with van der Waals surface area (Å²) in [5, 5.41) is 12.7. The number of hydrogen-bond donors (Lipinski definition) is 2. The zero-order valence-electron chi connectivity index (χ0n) is 22.6. The van der Waals surface area contributed by atoms with Crippen LogP contribution in [0.4, 0.5) is 10.5 Å². The summed E-state index contributed by atoms with van der Waals surface area (Å²) in [4.78, 5) is 40.6. The Balaban J connectivity index is 1.81. The van der Waals surface area contributed by atoms with E-state index in [0.29, 0.717) is 49.1 Å². The summed E-state index contributed by atoms with van der Waals surface area (Å²) < 4.78 is 10.6. The number of hydrogen-bond acceptors (Lipinski definition) is 6. The number of nitrogens with one attached hydrogen (secondary N) is 1. The fraction of sp³-hybridized carbons (Fsp3) is 0.679. The average molecular weight is 533 g/mol. The lowest BCUT2D eigenvalue weighted by Crippen LogP contribution is -2.45. The molecule has 0 unspecified atom stereocenters. The summed E-state index contributed by atoms with van der Waals surface area (Å²) in [6.45, 7) is 11.4. The minimum atomic E-state index is -1.08. The molecule has 0 bridgehead atoms. The average Bonchev–Trinajstić information content (AvgIpc) is 3.48. The minimum absolute atomic E-state index is 0.0549. The van der Waals surface area contributed by atoms with Crippen molar-refractivity contribution in [2.45, 2.75) is 85.3 Å². The molecule has 0 radical (unpaired) electrons. The molecule has 9 heteroatoms. The van der Waals surface area contributed by atoms with Gasteiger partial charge in [0.05, 0.1) is 23.8 Å². The fourth-order valence-corrected chi connectivity index (χ4v) is 5.45. The Labute approximate surface area is 224 Å². The number of carboxylic acid groups (broad SMARTS) is 1. The first-order valence-corrected chi connectivity index (χ1v) is 14.0. The second-order valence-electron chi connectivity index (χ2n) is 11.3. The van der Waals surface area contributed by atoms with Gasteiger partial charge < -0.3 is 24.8 Å². The van der Waals surface area contributed by atoms with Gasteiger partial charge in [0, 0.05) is 30.3 Å². The lowest BCUT2D eigenvalue weighted by Gasteiger charge is -2.35. The van der Waals surface area contributed by atoms with Crippen molar-refractivity contribution in [3.63, 3.8) is 0 Å². The largest absolute Gasteiger partial charge is 0.477 e. The van der Waals surface area contributed by atoms with Crippen molar-refractivity contribution in [1.29, 1.82) is 0 Å². The highest BCUT2D eigenvalue weighted by molar-refractivity contribution is 7.15. The van der Waals surface area contributed by atoms with Gasteiger partial charge in [0.15, 0.2) is 0 Å². The summed E-state index contributed by atoms with van der Waals surface area (Å²) in [6.07, 6.45) is 3.93. The SMILES string of the molecule is C[C@@H](CCNC(=O)O[C@@H]1CCOC1)N(c1cc(C#CC(C)(C)C)sc1C(=O)O)C(=O)[C@H]1CC[C@H](C)CC1. The predicted molar refractivity (Wildman–Crippen MR) is 144 cm³/mol. The number of amides is 2. The summed E-state index contributed by atoms with van der Waals surface area (Å²) in [5.41, 5.74) is 0.151. The zero-order chi connectivity index (χ0) is 27.2. The lowest BCUT2D eigenvalue weighted by molar-refractivity contribution is -0.124. The molecule has 2 aliphatic rings. The van der Waals surface area contributed by atoms with E-state index >= 15 is 0 Å². The van der Waals surface area contributed by atoms with Crippen molar-refractivity contribution in [3.8, 4) is 11.8 Å². The Morgan fingerprint density at radius 2 is 1.95 bits per heavy atom. The van der Waals surface area contributed by atoms with Gasteiger partial charge >= 0.3 is 12.1 Å². The number of aromatic carboxylic acids is 1. The highest BCUT2D eigenvalue weighted by Crippen LogP contribution is 2.36. The number of alkyl carbamates (subject to hydrolysis) is 1. The van der Waals surface area contributed by atoms with Gasteiger partial charge in [0.1, 0.15) is 11.0 Å². The van der Waals surface area contributed by atoms with Gasteiger partial charge in [0.2, 0.25) is 5.91 Å². The van der Waals surface area contributed by atoms with Gasteiger partial charge in [-0.25, -0.2) is 9.59 Å². The molecule has 1 aromatic heterocycles. The van der Waals surface area contributed by atoms with Crippen molar-refractivity contribution in [3.05, 3.63) is 15.8 Å². The molecule has 3 rings (SSSR count). The Hall–Kier alpha value is -2.57. The van der Waals surface area contributed by atoms with Crippen LogP contribution >= 0.6 is 11.3 Å². The van der Waals surface area contributed by atoms with Crippen LogP contribution < -0.4 is 10.2 Å². The third-order valence-electron chi connectivity index (χ3n) is 6.76. The molecule has 204 valence electrons. The maximum absolute atomic E-state index is 13.9. The molecular weight excluding hydrogens is 492 g/mol. The van der Waals surface area contributed by atoms with Crippen LogP contribution in [0.2, 0.25) is 0 Å². The zero-order valence-corrected chi connectivity index (χ0v) is 23.4. The standard InChI is InChI=1S/C28H40N2O6S/c1-18-6-8-20(9-7-18)25(31)30(19(2)11-14-29-27(34)36-21-12-15-35-17-21)23-16-22(10-13-28(3,4)5)37-24(23)26(32)33/h16,18-21H,6-9,11-12,14-15,17H2,1-5H3,(H,29,34)(H,32,33)/t18-,19-,20-,21+/m0/s1. The number of nitrogens with zero attached hydrogens (tertiary/aromatic N) is 1. The molecule has 2 atom stereocenters. The van der Waals surface area contributed by atoms with Crippen LogP contribution in [0.15, 0.2) is 6.07 Å². The summed E-state index contributed by atoms with van der Waals surface area (Å²) >= 11 is 1.10. The number of ether oxygens (including phenoxy) is 2. The molecule has 2 heterocycles. The number of anilines is 1. The third-order valence-corrected chi connectivity index (χ3v) is 7.79. The van der Waals surface area contributed by atoms with Gasteiger partial charge in [-0.1, -0.05) is 18.8 Å². The van der Waals surface area contributed by atoms with E-state index in [4.69, 9.17) is 9.47 Å². The Kier molecular flexibility index (Phi) is 10.0. The fourth-order valence-electron chi connectivity index (χ4n) is 4.61. The molecule has 8 nitrogen and oxygen atoms in total. The monoisotopic (exact) mass is 532 g/mol. The van der Waals surface area contributed by atoms with Crippen LogP contribution in [0.5, 0.6) is 0 Å². The molecule has 2 N–H and O–H groups in total. The van der Waals surface area contributed by atoms with Crippen LogP contribution in [-0.2, 0) is 14.3 Å². The molecular formula is C28H40N2O6S. The molecule has 1 saturated carbocycles. The maximum Gasteiger partial charge on any atom is 0.407 e. The normalized spacial score (nSPS) is 22.5. The predicted octanol–water partition coefficient (Wildman–Crippen LogP) is 5.30. The number of carbonyl (C=O) groups is 3. The molecule has 1 saturated heterocycles. The minimum Gasteiger partial charge on any atom is -0.477 e. The van der Waals surface area contributed by atoms with Gasteiger partial charge in [0.25, 0.3) is 0 Å². The van der Waals surface area contributed by atoms with Crippen LogP contribution in [0, 0.1) is 29.1 Å². The number of carbonyl (C=O) groups excluding carboxylic acids is 2. The number of carboxylic acids is 1. The molecule has 1 aliphatic carbocycles. The second-order valence-corrected chi connectivity index (χ2v) is 12.3. The Morgan fingerprint density at radius 3 is 2.54 bits per heavy atom. The lowest BCUT2D eigenvalue weighted by atomic mass is 9.82. The van der Waals surface area contributed by atoms with E-state index in [9.17, 15) is 19.5 Å². The topological polar surface area (TPSA) is 105 Å². The van der Waals surface area contributed by atoms with Crippen LogP contribution in [-0.4, -0.2) is 55.0 Å². The van der Waals surface area contributed by atoms with Crippen molar-refractivity contribution >= 4 is 35.0 Å². The van der Waals surface area contributed by atoms with E-state index < -0.39 is 12.1 Å². The molecule has 1 aliphatic heterocycles. The van der Waals surface area contributed by atoms with E-state index in [1.807, 2.05) is 27.7 Å². The van der Waals surface area contributed by atoms with E-state index in [1.165, 1.54) is 0 Å². The van der Waals surface area contributed by atoms with Crippen LogP contribution in [0.3, 0.4) is 0 Å². The van der Waals surface area contributed by atoms with E-state index in [-0.39, 0.29) is 34.3 Å². The number of rotatable bonds is 8. The quantitative estimate of drug-likeness (QED) is 0.441. The summed E-state index contributed by atoms with van der Waals surface area (Å²) in [5.74, 6) is 5.56. The second kappa shape index (κ2) is 12.8. The highest BCUT2D eigenvalue weighted by Gasteiger charge is 2.34. The first-order valence-electron chi connectivity index (χ1n) is 13.2. The van der Waals surface area contributed by atoms with Gasteiger partial charge in [-0.3, -0.25) is 4.79 Å². The molecule has 1 aromatic rings. The first kappa shape index (κ1) is 29.0. The number of thiophene rings is 1. The summed E-state index contributed by atoms with van der Waals surface area (Å²) in [7, 11) is 0. The smallest absolute Gasteiger partial charge is 0.407 e. The van der Waals surface area contributed by atoms with Crippen molar-refractivity contribution in [1.82, 2.24) is 5.32 Å². The first-order chi connectivity index (χ1) is 17.4. The maximum atomic E-state index is 13.9.